The zero-order valence-corrected chi connectivity index (χ0v) is 16.0. The van der Waals surface area contributed by atoms with Gasteiger partial charge in [-0.3, -0.25) is 4.79 Å². The average Bonchev–Trinajstić information content (AvgIpc) is 2.60. The maximum atomic E-state index is 11.9. The Bertz CT molecular complexity index is 633. The number of benzene rings is 1. The lowest BCUT2D eigenvalue weighted by atomic mass is 9.96. The topological polar surface area (TPSA) is 98.5 Å². The van der Waals surface area contributed by atoms with Crippen LogP contribution in [0.4, 0.5) is 0 Å². The summed E-state index contributed by atoms with van der Waals surface area (Å²) < 4.78 is 5.21. The predicted octanol–water partition coefficient (Wildman–Crippen LogP) is 2.03. The second-order valence-electron chi connectivity index (χ2n) is 6.17. The van der Waals surface area contributed by atoms with E-state index in [1.807, 2.05) is 0 Å². The Morgan fingerprint density at radius 1 is 1.38 bits per heavy atom. The lowest BCUT2D eigenvalue weighted by Gasteiger charge is -2.26. The van der Waals surface area contributed by atoms with Gasteiger partial charge in [-0.2, -0.15) is 11.8 Å². The SMILES string of the molecule is C=Cc1ccc(C(=O)OCCSCC(N)(C=O)CC(C)NC(C)=O)cc1. The van der Waals surface area contributed by atoms with Crippen LogP contribution in [0.1, 0.15) is 36.2 Å². The molecule has 2 atom stereocenters. The number of rotatable bonds is 11. The van der Waals surface area contributed by atoms with Gasteiger partial charge in [-0.05, 0) is 31.0 Å². The largest absolute Gasteiger partial charge is 0.461 e. The third-order valence-electron chi connectivity index (χ3n) is 3.58. The van der Waals surface area contributed by atoms with Crippen LogP contribution in [-0.2, 0) is 14.3 Å². The number of carbonyl (C=O) groups is 3. The molecule has 7 heteroatoms. The fourth-order valence-electron chi connectivity index (χ4n) is 2.40. The van der Waals surface area contributed by atoms with Gasteiger partial charge in [0.05, 0.1) is 11.1 Å². The molecule has 26 heavy (non-hydrogen) atoms. The Balaban J connectivity index is 2.34. The van der Waals surface area contributed by atoms with Gasteiger partial charge in [-0.25, -0.2) is 4.79 Å². The third kappa shape index (κ3) is 7.84. The highest BCUT2D eigenvalue weighted by Gasteiger charge is 2.27. The van der Waals surface area contributed by atoms with Crippen molar-refractivity contribution in [2.45, 2.75) is 31.8 Å². The van der Waals surface area contributed by atoms with Crippen LogP contribution in [0.2, 0.25) is 0 Å². The van der Waals surface area contributed by atoms with Gasteiger partial charge in [0.25, 0.3) is 0 Å². The maximum absolute atomic E-state index is 11.9. The molecule has 142 valence electrons. The van der Waals surface area contributed by atoms with Gasteiger partial charge < -0.3 is 20.6 Å². The first-order valence-corrected chi connectivity index (χ1v) is 9.45. The van der Waals surface area contributed by atoms with Gasteiger partial charge in [-0.1, -0.05) is 24.8 Å². The standard InChI is InChI=1S/C19H26N2O4S/c1-4-16-5-7-17(8-6-16)18(24)25-9-10-26-13-19(20,12-22)11-14(2)21-15(3)23/h4-8,12,14H,1,9-11,13,20H2,2-3H3,(H,21,23). The lowest BCUT2D eigenvalue weighted by molar-refractivity contribution is -0.120. The van der Waals surface area contributed by atoms with E-state index >= 15 is 0 Å². The molecular weight excluding hydrogens is 352 g/mol. The zero-order chi connectivity index (χ0) is 19.6. The van der Waals surface area contributed by atoms with Crippen molar-refractivity contribution in [2.75, 3.05) is 18.1 Å². The van der Waals surface area contributed by atoms with Crippen LogP contribution in [-0.4, -0.2) is 47.9 Å². The van der Waals surface area contributed by atoms with Crippen LogP contribution < -0.4 is 11.1 Å². The van der Waals surface area contributed by atoms with Crippen molar-refractivity contribution in [1.29, 1.82) is 0 Å². The Kier molecular flexibility index (Phi) is 9.09. The van der Waals surface area contributed by atoms with Crippen molar-refractivity contribution in [3.8, 4) is 0 Å². The minimum atomic E-state index is -1.03. The van der Waals surface area contributed by atoms with E-state index in [0.29, 0.717) is 29.8 Å². The zero-order valence-electron chi connectivity index (χ0n) is 15.2. The van der Waals surface area contributed by atoms with Crippen LogP contribution in [0.3, 0.4) is 0 Å². The van der Waals surface area contributed by atoms with Gasteiger partial charge in [0.2, 0.25) is 5.91 Å². The highest BCUT2D eigenvalue weighted by Crippen LogP contribution is 2.15. The number of hydrogen-bond acceptors (Lipinski definition) is 6. The molecule has 0 aliphatic carbocycles. The summed E-state index contributed by atoms with van der Waals surface area (Å²) >= 11 is 1.43. The van der Waals surface area contributed by atoms with Crippen molar-refractivity contribution in [1.82, 2.24) is 5.32 Å². The molecule has 0 fully saturated rings. The van der Waals surface area contributed by atoms with E-state index in [1.165, 1.54) is 18.7 Å². The molecule has 0 saturated heterocycles. The van der Waals surface area contributed by atoms with Gasteiger partial charge in [0.1, 0.15) is 12.9 Å². The predicted molar refractivity (Wildman–Crippen MR) is 105 cm³/mol. The summed E-state index contributed by atoms with van der Waals surface area (Å²) in [6, 6.07) is 6.77. The number of amides is 1. The molecule has 0 radical (unpaired) electrons. The van der Waals surface area contributed by atoms with Gasteiger partial charge in [-0.15, -0.1) is 0 Å². The van der Waals surface area contributed by atoms with Crippen LogP contribution in [0.5, 0.6) is 0 Å². The first-order valence-electron chi connectivity index (χ1n) is 8.29. The highest BCUT2D eigenvalue weighted by molar-refractivity contribution is 7.99. The molecule has 0 bridgehead atoms. The van der Waals surface area contributed by atoms with E-state index in [4.69, 9.17) is 10.5 Å². The maximum Gasteiger partial charge on any atom is 0.338 e. The average molecular weight is 378 g/mol. The summed E-state index contributed by atoms with van der Waals surface area (Å²) in [6.45, 7) is 7.11. The Morgan fingerprint density at radius 3 is 2.58 bits per heavy atom. The Hall–Kier alpha value is -2.12. The minimum Gasteiger partial charge on any atom is -0.461 e. The number of esters is 1. The van der Waals surface area contributed by atoms with Crippen molar-refractivity contribution < 1.29 is 19.1 Å². The third-order valence-corrected chi connectivity index (χ3v) is 4.78. The van der Waals surface area contributed by atoms with E-state index in [-0.39, 0.29) is 18.6 Å². The van der Waals surface area contributed by atoms with E-state index < -0.39 is 11.5 Å². The van der Waals surface area contributed by atoms with Crippen LogP contribution in [0.15, 0.2) is 30.8 Å². The van der Waals surface area contributed by atoms with Crippen molar-refractivity contribution >= 4 is 36.0 Å². The smallest absolute Gasteiger partial charge is 0.338 e. The van der Waals surface area contributed by atoms with Crippen LogP contribution in [0, 0.1) is 0 Å². The summed E-state index contributed by atoms with van der Waals surface area (Å²) in [5.74, 6) is 0.352. The number of aldehydes is 1. The first kappa shape index (κ1) is 21.9. The fourth-order valence-corrected chi connectivity index (χ4v) is 3.31. The monoisotopic (exact) mass is 378 g/mol. The van der Waals surface area contributed by atoms with E-state index in [0.717, 1.165) is 5.56 Å². The van der Waals surface area contributed by atoms with Crippen molar-refractivity contribution in [2.24, 2.45) is 5.73 Å². The van der Waals surface area contributed by atoms with E-state index in [1.54, 1.807) is 37.3 Å². The highest BCUT2D eigenvalue weighted by atomic mass is 32.2. The molecule has 3 N–H and O–H groups in total. The normalized spacial score (nSPS) is 14.0. The quantitative estimate of drug-likeness (QED) is 0.347. The van der Waals surface area contributed by atoms with E-state index in [9.17, 15) is 14.4 Å². The number of nitrogens with two attached hydrogens (primary N) is 1. The minimum absolute atomic E-state index is 0.161. The van der Waals surface area contributed by atoms with Crippen molar-refractivity contribution in [3.05, 3.63) is 42.0 Å². The Labute approximate surface area is 158 Å². The van der Waals surface area contributed by atoms with Crippen LogP contribution >= 0.6 is 11.8 Å². The summed E-state index contributed by atoms with van der Waals surface area (Å²) in [5, 5.41) is 2.71. The molecule has 0 aromatic heterocycles. The second kappa shape index (κ2) is 10.8. The van der Waals surface area contributed by atoms with Gasteiger partial charge in [0, 0.05) is 24.5 Å². The number of ether oxygens (including phenoxy) is 1. The molecule has 1 amide bonds. The number of carbonyl (C=O) groups excluding carboxylic acids is 3. The summed E-state index contributed by atoms with van der Waals surface area (Å²) in [4.78, 5) is 34.3. The summed E-state index contributed by atoms with van der Waals surface area (Å²) in [5.41, 5.74) is 6.45. The number of hydrogen-bond donors (Lipinski definition) is 2. The first-order chi connectivity index (χ1) is 12.3. The molecule has 0 aliphatic rings. The molecule has 1 aromatic carbocycles. The molecule has 0 spiro atoms. The molecule has 2 unspecified atom stereocenters. The molecular formula is C19H26N2O4S. The summed E-state index contributed by atoms with van der Waals surface area (Å²) in [7, 11) is 0. The van der Waals surface area contributed by atoms with Crippen molar-refractivity contribution in [3.63, 3.8) is 0 Å². The van der Waals surface area contributed by atoms with Crippen LogP contribution in [0.25, 0.3) is 6.08 Å². The Morgan fingerprint density at radius 2 is 2.04 bits per heavy atom. The van der Waals surface area contributed by atoms with Gasteiger partial charge in [0.15, 0.2) is 0 Å². The molecule has 1 rings (SSSR count). The molecule has 0 aliphatic heterocycles. The number of nitrogens with one attached hydrogen (secondary N) is 1. The fraction of sp³-hybridized carbons (Fsp3) is 0.421. The molecule has 0 saturated carbocycles. The molecule has 1 aromatic rings. The number of thioether (sulfide) groups is 1. The van der Waals surface area contributed by atoms with E-state index in [2.05, 4.69) is 11.9 Å². The second-order valence-corrected chi connectivity index (χ2v) is 7.28. The van der Waals surface area contributed by atoms with Gasteiger partial charge >= 0.3 is 5.97 Å². The summed E-state index contributed by atoms with van der Waals surface area (Å²) in [6.07, 6.45) is 2.76. The molecule has 6 nitrogen and oxygen atoms in total. The lowest BCUT2D eigenvalue weighted by Crippen LogP contribution is -2.49. The molecule has 0 heterocycles.